The molecule has 1 saturated carbocycles. The second-order valence-corrected chi connectivity index (χ2v) is 3.94. The standard InChI is InChI=1S/C12H16O2/c1-9-5-6-12(10(7-9)8-13)14-11-3-2-4-11/h5-7,11,13H,2-4,8H2,1H3. The summed E-state index contributed by atoms with van der Waals surface area (Å²) in [6.07, 6.45) is 3.95. The molecule has 0 radical (unpaired) electrons. The maximum absolute atomic E-state index is 9.17. The fourth-order valence-electron chi connectivity index (χ4n) is 1.61. The minimum absolute atomic E-state index is 0.0593. The van der Waals surface area contributed by atoms with Crippen molar-refractivity contribution in [3.63, 3.8) is 0 Å². The third kappa shape index (κ3) is 1.90. The molecule has 1 fully saturated rings. The molecule has 0 saturated heterocycles. The van der Waals surface area contributed by atoms with Crippen LogP contribution in [0.1, 0.15) is 30.4 Å². The van der Waals surface area contributed by atoms with E-state index in [2.05, 4.69) is 0 Å². The van der Waals surface area contributed by atoms with Gasteiger partial charge in [-0.25, -0.2) is 0 Å². The Morgan fingerprint density at radius 3 is 2.79 bits per heavy atom. The third-order valence-electron chi connectivity index (χ3n) is 2.73. The zero-order valence-electron chi connectivity index (χ0n) is 8.49. The monoisotopic (exact) mass is 192 g/mol. The highest BCUT2D eigenvalue weighted by Gasteiger charge is 2.19. The normalized spacial score (nSPS) is 16.4. The summed E-state index contributed by atoms with van der Waals surface area (Å²) in [5.74, 6) is 0.850. The van der Waals surface area contributed by atoms with Gasteiger partial charge in [-0.05, 0) is 32.3 Å². The average molecular weight is 192 g/mol. The maximum Gasteiger partial charge on any atom is 0.125 e. The summed E-state index contributed by atoms with van der Waals surface area (Å²) in [6.45, 7) is 2.08. The van der Waals surface area contributed by atoms with Gasteiger partial charge in [-0.15, -0.1) is 0 Å². The van der Waals surface area contributed by atoms with Crippen molar-refractivity contribution in [2.45, 2.75) is 38.9 Å². The number of ether oxygens (including phenoxy) is 1. The first-order valence-corrected chi connectivity index (χ1v) is 5.16. The number of hydrogen-bond donors (Lipinski definition) is 1. The van der Waals surface area contributed by atoms with E-state index in [0.717, 1.165) is 29.7 Å². The van der Waals surface area contributed by atoms with Crippen molar-refractivity contribution in [3.8, 4) is 5.75 Å². The molecular weight excluding hydrogens is 176 g/mol. The van der Waals surface area contributed by atoms with E-state index in [1.807, 2.05) is 25.1 Å². The second-order valence-electron chi connectivity index (χ2n) is 3.94. The maximum atomic E-state index is 9.17. The third-order valence-corrected chi connectivity index (χ3v) is 2.73. The molecule has 0 aliphatic heterocycles. The number of rotatable bonds is 3. The van der Waals surface area contributed by atoms with Crippen LogP contribution in [0.5, 0.6) is 5.75 Å². The summed E-state index contributed by atoms with van der Waals surface area (Å²) in [6, 6.07) is 5.96. The molecule has 1 aromatic rings. The van der Waals surface area contributed by atoms with Crippen LogP contribution in [-0.4, -0.2) is 11.2 Å². The lowest BCUT2D eigenvalue weighted by Crippen LogP contribution is -2.25. The summed E-state index contributed by atoms with van der Waals surface area (Å²) in [5.41, 5.74) is 2.06. The Kier molecular flexibility index (Phi) is 2.73. The van der Waals surface area contributed by atoms with Crippen molar-refractivity contribution in [2.75, 3.05) is 0 Å². The topological polar surface area (TPSA) is 29.5 Å². The SMILES string of the molecule is Cc1ccc(OC2CCC2)c(CO)c1. The highest BCUT2D eigenvalue weighted by atomic mass is 16.5. The Balaban J connectivity index is 2.14. The van der Waals surface area contributed by atoms with Gasteiger partial charge in [-0.1, -0.05) is 17.7 Å². The van der Waals surface area contributed by atoms with E-state index in [4.69, 9.17) is 9.84 Å². The fourth-order valence-corrected chi connectivity index (χ4v) is 1.61. The predicted molar refractivity (Wildman–Crippen MR) is 55.4 cm³/mol. The van der Waals surface area contributed by atoms with E-state index >= 15 is 0 Å². The lowest BCUT2D eigenvalue weighted by Gasteiger charge is -2.27. The van der Waals surface area contributed by atoms with Gasteiger partial charge in [0.1, 0.15) is 5.75 Å². The molecule has 1 aliphatic rings. The average Bonchev–Trinajstić information content (AvgIpc) is 2.13. The molecule has 1 aromatic carbocycles. The summed E-state index contributed by atoms with van der Waals surface area (Å²) in [5, 5.41) is 9.17. The van der Waals surface area contributed by atoms with Gasteiger partial charge in [0.2, 0.25) is 0 Å². The number of aliphatic hydroxyl groups is 1. The Morgan fingerprint density at radius 1 is 1.43 bits per heavy atom. The second kappa shape index (κ2) is 4.01. The Bertz CT molecular complexity index is 316. The molecule has 0 unspecified atom stereocenters. The van der Waals surface area contributed by atoms with Crippen LogP contribution < -0.4 is 4.74 Å². The molecule has 1 N–H and O–H groups in total. The molecule has 0 heterocycles. The van der Waals surface area contributed by atoms with E-state index in [1.54, 1.807) is 0 Å². The van der Waals surface area contributed by atoms with Gasteiger partial charge in [0.15, 0.2) is 0 Å². The molecule has 2 nitrogen and oxygen atoms in total. The fraction of sp³-hybridized carbons (Fsp3) is 0.500. The smallest absolute Gasteiger partial charge is 0.125 e. The summed E-state index contributed by atoms with van der Waals surface area (Å²) >= 11 is 0. The van der Waals surface area contributed by atoms with Crippen molar-refractivity contribution < 1.29 is 9.84 Å². The first-order chi connectivity index (χ1) is 6.79. The van der Waals surface area contributed by atoms with Crippen LogP contribution in [-0.2, 0) is 6.61 Å². The molecule has 0 bridgehead atoms. The molecule has 0 spiro atoms. The van der Waals surface area contributed by atoms with Gasteiger partial charge in [0, 0.05) is 5.56 Å². The Labute approximate surface area is 84.5 Å². The number of aliphatic hydroxyl groups excluding tert-OH is 1. The van der Waals surface area contributed by atoms with Crippen LogP contribution in [0.25, 0.3) is 0 Å². The summed E-state index contributed by atoms with van der Waals surface area (Å²) in [7, 11) is 0. The Hall–Kier alpha value is -1.02. The van der Waals surface area contributed by atoms with Crippen LogP contribution >= 0.6 is 0 Å². The predicted octanol–water partition coefficient (Wildman–Crippen LogP) is 2.42. The summed E-state index contributed by atoms with van der Waals surface area (Å²) < 4.78 is 5.77. The lowest BCUT2D eigenvalue weighted by atomic mass is 9.96. The van der Waals surface area contributed by atoms with Gasteiger partial charge in [0.25, 0.3) is 0 Å². The van der Waals surface area contributed by atoms with E-state index in [9.17, 15) is 0 Å². The highest BCUT2D eigenvalue weighted by Crippen LogP contribution is 2.28. The van der Waals surface area contributed by atoms with Crippen molar-refractivity contribution in [1.29, 1.82) is 0 Å². The van der Waals surface area contributed by atoms with Gasteiger partial charge in [0.05, 0.1) is 12.7 Å². The zero-order valence-corrected chi connectivity index (χ0v) is 8.49. The van der Waals surface area contributed by atoms with Crippen LogP contribution in [0, 0.1) is 6.92 Å². The van der Waals surface area contributed by atoms with Crippen LogP contribution in [0.2, 0.25) is 0 Å². The minimum atomic E-state index is 0.0593. The number of benzene rings is 1. The number of hydrogen-bond acceptors (Lipinski definition) is 2. The molecular formula is C12H16O2. The van der Waals surface area contributed by atoms with E-state index in [-0.39, 0.29) is 6.61 Å². The quantitative estimate of drug-likeness (QED) is 0.797. The molecule has 0 atom stereocenters. The molecule has 14 heavy (non-hydrogen) atoms. The van der Waals surface area contributed by atoms with Crippen molar-refractivity contribution in [2.24, 2.45) is 0 Å². The van der Waals surface area contributed by atoms with Crippen molar-refractivity contribution in [3.05, 3.63) is 29.3 Å². The van der Waals surface area contributed by atoms with E-state index in [0.29, 0.717) is 6.10 Å². The minimum Gasteiger partial charge on any atom is -0.490 e. The van der Waals surface area contributed by atoms with Crippen LogP contribution in [0.15, 0.2) is 18.2 Å². The highest BCUT2D eigenvalue weighted by molar-refractivity contribution is 5.36. The first kappa shape index (κ1) is 9.53. The van der Waals surface area contributed by atoms with Gasteiger partial charge >= 0.3 is 0 Å². The lowest BCUT2D eigenvalue weighted by molar-refractivity contribution is 0.116. The zero-order chi connectivity index (χ0) is 9.97. The van der Waals surface area contributed by atoms with Crippen LogP contribution in [0.3, 0.4) is 0 Å². The van der Waals surface area contributed by atoms with Crippen molar-refractivity contribution in [1.82, 2.24) is 0 Å². The van der Waals surface area contributed by atoms with E-state index in [1.165, 1.54) is 6.42 Å². The Morgan fingerprint density at radius 2 is 2.21 bits per heavy atom. The largest absolute Gasteiger partial charge is 0.490 e. The molecule has 0 amide bonds. The summed E-state index contributed by atoms with van der Waals surface area (Å²) in [4.78, 5) is 0. The molecule has 76 valence electrons. The number of aryl methyl sites for hydroxylation is 1. The van der Waals surface area contributed by atoms with Gasteiger partial charge in [-0.2, -0.15) is 0 Å². The van der Waals surface area contributed by atoms with Crippen molar-refractivity contribution >= 4 is 0 Å². The first-order valence-electron chi connectivity index (χ1n) is 5.16. The molecule has 2 heteroatoms. The van der Waals surface area contributed by atoms with Gasteiger partial charge < -0.3 is 9.84 Å². The molecule has 2 rings (SSSR count). The molecule has 1 aliphatic carbocycles. The van der Waals surface area contributed by atoms with Gasteiger partial charge in [-0.3, -0.25) is 0 Å². The molecule has 0 aromatic heterocycles. The van der Waals surface area contributed by atoms with Crippen LogP contribution in [0.4, 0.5) is 0 Å². The van der Waals surface area contributed by atoms with E-state index < -0.39 is 0 Å².